The third-order valence-electron chi connectivity index (χ3n) is 9.72. The molecule has 2 saturated heterocycles. The molecule has 1 radical (unpaired) electrons. The number of hydrogen-bond acceptors (Lipinski definition) is 0. The van der Waals surface area contributed by atoms with Crippen LogP contribution in [0.5, 0.6) is 0 Å². The molecule has 4 aromatic carbocycles. The van der Waals surface area contributed by atoms with Crippen molar-refractivity contribution in [2.45, 2.75) is 74.0 Å². The van der Waals surface area contributed by atoms with Crippen molar-refractivity contribution in [1.82, 2.24) is 0 Å². The summed E-state index contributed by atoms with van der Waals surface area (Å²) in [6.07, 6.45) is 22.2. The molecule has 0 N–H and O–H groups in total. The van der Waals surface area contributed by atoms with E-state index in [1.54, 1.807) is 22.3 Å². The second kappa shape index (κ2) is 21.2. The predicted molar refractivity (Wildman–Crippen MR) is 206 cm³/mol. The third-order valence-corrected chi connectivity index (χ3v) is 17.0. The first-order valence-electron chi connectivity index (χ1n) is 17.8. The molecule has 0 aromatic heterocycles. The normalized spacial score (nSPS) is 23.5. The minimum atomic E-state index is -6.00. The van der Waals surface area contributed by atoms with Crippen LogP contribution in [0.25, 0.3) is 0 Å². The van der Waals surface area contributed by atoms with Crippen LogP contribution in [0.4, 0.5) is 17.3 Å². The molecule has 1 aliphatic carbocycles. The van der Waals surface area contributed by atoms with Crippen molar-refractivity contribution in [2.75, 3.05) is 12.3 Å². The van der Waals surface area contributed by atoms with Crippen molar-refractivity contribution in [2.24, 2.45) is 0 Å². The Morgan fingerprint density at radius 3 is 0.800 bits per heavy atom. The molecule has 7 rings (SSSR count). The van der Waals surface area contributed by atoms with Gasteiger partial charge in [0.2, 0.25) is 0 Å². The summed E-state index contributed by atoms with van der Waals surface area (Å²) in [5.41, 5.74) is 9.31. The molecular formula is C42H48BF4P2Rh-. The Kier molecular flexibility index (Phi) is 17.2. The van der Waals surface area contributed by atoms with Gasteiger partial charge in [-0.2, -0.15) is 0 Å². The Morgan fingerprint density at radius 2 is 0.600 bits per heavy atom. The van der Waals surface area contributed by atoms with Gasteiger partial charge in [-0.3, -0.25) is 0 Å². The zero-order chi connectivity index (χ0) is 34.3. The first-order chi connectivity index (χ1) is 23.9. The van der Waals surface area contributed by atoms with Crippen LogP contribution in [0.15, 0.2) is 146 Å². The number of rotatable bonds is 7. The van der Waals surface area contributed by atoms with Crippen LogP contribution in [0, 0.1) is 0 Å². The van der Waals surface area contributed by atoms with E-state index in [4.69, 9.17) is 0 Å². The third kappa shape index (κ3) is 12.7. The van der Waals surface area contributed by atoms with Gasteiger partial charge in [0.05, 0.1) is 0 Å². The van der Waals surface area contributed by atoms with E-state index in [9.17, 15) is 17.3 Å². The number of allylic oxidation sites excluding steroid dienone is 4. The summed E-state index contributed by atoms with van der Waals surface area (Å²) >= 11 is 0. The van der Waals surface area contributed by atoms with E-state index in [-0.39, 0.29) is 35.3 Å². The number of benzene rings is 4. The van der Waals surface area contributed by atoms with Crippen molar-refractivity contribution in [3.8, 4) is 0 Å². The number of halogens is 4. The van der Waals surface area contributed by atoms with Gasteiger partial charge in [-0.05, 0) is 85.9 Å². The molecule has 0 amide bonds. The summed E-state index contributed by atoms with van der Waals surface area (Å²) in [6.45, 7) is 0. The van der Waals surface area contributed by atoms with E-state index < -0.39 is 7.25 Å². The van der Waals surface area contributed by atoms with Crippen LogP contribution >= 0.6 is 15.8 Å². The van der Waals surface area contributed by atoms with E-state index >= 15 is 0 Å². The van der Waals surface area contributed by atoms with E-state index in [0.717, 1.165) is 22.6 Å². The van der Waals surface area contributed by atoms with E-state index in [1.165, 1.54) is 63.7 Å². The van der Waals surface area contributed by atoms with Gasteiger partial charge < -0.3 is 17.3 Å². The molecule has 50 heavy (non-hydrogen) atoms. The van der Waals surface area contributed by atoms with Gasteiger partial charge in [0, 0.05) is 42.1 Å². The molecule has 0 spiro atoms. The van der Waals surface area contributed by atoms with Crippen LogP contribution in [-0.4, -0.2) is 19.6 Å². The van der Waals surface area contributed by atoms with Crippen LogP contribution in [-0.2, 0) is 19.5 Å². The maximum Gasteiger partial charge on any atom is 0.673 e. The maximum atomic E-state index is 9.75. The van der Waals surface area contributed by atoms with Crippen LogP contribution < -0.4 is 0 Å². The minimum absolute atomic E-state index is 0. The van der Waals surface area contributed by atoms with Crippen LogP contribution in [0.3, 0.4) is 0 Å². The van der Waals surface area contributed by atoms with E-state index in [2.05, 4.69) is 146 Å². The van der Waals surface area contributed by atoms with E-state index in [0.29, 0.717) is 0 Å². The fourth-order valence-corrected chi connectivity index (χ4v) is 15.7. The van der Waals surface area contributed by atoms with Crippen molar-refractivity contribution in [3.05, 3.63) is 168 Å². The fourth-order valence-electron chi connectivity index (χ4n) is 7.57. The molecule has 0 saturated carbocycles. The second-order valence-electron chi connectivity index (χ2n) is 12.9. The Morgan fingerprint density at radius 1 is 0.400 bits per heavy atom. The van der Waals surface area contributed by atoms with Crippen LogP contribution in [0.1, 0.15) is 96.3 Å². The Hall–Kier alpha value is -2.37. The van der Waals surface area contributed by atoms with Gasteiger partial charge in [-0.1, -0.05) is 161 Å². The monoisotopic (exact) mass is 804 g/mol. The zero-order valence-corrected chi connectivity index (χ0v) is 32.0. The molecule has 8 heteroatoms. The van der Waals surface area contributed by atoms with Gasteiger partial charge in [-0.25, -0.2) is 0 Å². The van der Waals surface area contributed by atoms with Gasteiger partial charge >= 0.3 is 7.25 Å². The first-order valence-corrected chi connectivity index (χ1v) is 21.1. The Labute approximate surface area is 312 Å². The fraction of sp³-hybridized carbons (Fsp3) is 0.333. The second-order valence-corrected chi connectivity index (χ2v) is 18.4. The maximum absolute atomic E-state index is 9.75. The van der Waals surface area contributed by atoms with Crippen molar-refractivity contribution in [3.63, 3.8) is 0 Å². The smallest absolute Gasteiger partial charge is 0.418 e. The van der Waals surface area contributed by atoms with Crippen molar-refractivity contribution < 1.29 is 36.7 Å². The topological polar surface area (TPSA) is 0 Å². The van der Waals surface area contributed by atoms with Crippen molar-refractivity contribution in [1.29, 1.82) is 0 Å². The quantitative estimate of drug-likeness (QED) is 0.0756. The minimum Gasteiger partial charge on any atom is -0.418 e. The first kappa shape index (κ1) is 40.4. The van der Waals surface area contributed by atoms with Gasteiger partial charge in [0.15, 0.2) is 0 Å². The Bertz CT molecular complexity index is 1330. The summed E-state index contributed by atoms with van der Waals surface area (Å²) in [4.78, 5) is 0. The summed E-state index contributed by atoms with van der Waals surface area (Å²) < 4.78 is 39.0. The molecule has 4 atom stereocenters. The predicted octanol–water partition coefficient (Wildman–Crippen LogP) is 14.5. The van der Waals surface area contributed by atoms with Gasteiger partial charge in [-0.15, -0.1) is 0 Å². The van der Waals surface area contributed by atoms with E-state index in [1.807, 2.05) is 0 Å². The molecule has 0 bridgehead atoms. The van der Waals surface area contributed by atoms with Gasteiger partial charge in [0.1, 0.15) is 0 Å². The largest absolute Gasteiger partial charge is 0.673 e. The molecule has 267 valence electrons. The molecule has 2 aliphatic heterocycles. The average Bonchev–Trinajstić information content (AvgIpc) is 3.73. The SMILES string of the molecule is C1=C\CC/C=C\CC/1.F[B-](F)(F)F.[Rh].c1ccc([C@H]2CC[C@H](c3ccccc3)P2CCP2[C@@H](c3ccccc3)CC[C@@H]2c2ccccc2)cc1. The molecule has 3 aliphatic rings. The Balaban J connectivity index is 0.000000340. The molecule has 2 heterocycles. The zero-order valence-electron chi connectivity index (χ0n) is 28.6. The summed E-state index contributed by atoms with van der Waals surface area (Å²) in [5, 5.41) is 0. The molecule has 0 nitrogen and oxygen atoms in total. The summed E-state index contributed by atoms with van der Waals surface area (Å²) in [5.74, 6) is 0. The van der Waals surface area contributed by atoms with Crippen molar-refractivity contribution >= 4 is 23.1 Å². The molecule has 0 unspecified atom stereocenters. The average molecular weight is 805 g/mol. The molecular weight excluding hydrogens is 756 g/mol. The van der Waals surface area contributed by atoms with Crippen LogP contribution in [0.2, 0.25) is 0 Å². The molecule has 2 fully saturated rings. The standard InChI is InChI=1S/C34H36P2.C8H12.BF4.Rh/c1-5-13-27(14-6-1)31-21-22-32(28-15-7-2-8-16-28)35(31)25-26-36-33(29-17-9-3-10-18-29)23-24-34(36)30-19-11-4-12-20-30;1-2-4-6-8-7-5-3-1;2-1(3,4)5;/h1-20,31-34H,21-26H2;1-2,7-8H,3-6H2;;/q;;-1;/b;2-1-,8-7-;;/t31-,32-,33-,34-;;;/m1.../s1. The summed E-state index contributed by atoms with van der Waals surface area (Å²) in [7, 11) is -6.20. The summed E-state index contributed by atoms with van der Waals surface area (Å²) in [6, 6.07) is 45.8. The number of hydrogen-bond donors (Lipinski definition) is 0. The molecule has 4 aromatic rings. The van der Waals surface area contributed by atoms with Gasteiger partial charge in [0.25, 0.3) is 0 Å².